The second kappa shape index (κ2) is 8.29. The Morgan fingerprint density at radius 1 is 1.33 bits per heavy atom. The minimum Gasteiger partial charge on any atom is -0.497 e. The van der Waals surface area contributed by atoms with Crippen molar-refractivity contribution in [2.75, 3.05) is 13.7 Å². The van der Waals surface area contributed by atoms with E-state index in [1.54, 1.807) is 18.4 Å². The molecule has 1 amide bonds. The molecule has 5 heteroatoms. The molecule has 1 fully saturated rings. The van der Waals surface area contributed by atoms with E-state index >= 15 is 0 Å². The maximum atomic E-state index is 12.9. The fourth-order valence-corrected chi connectivity index (χ4v) is 4.12. The number of amides is 1. The smallest absolute Gasteiger partial charge is 0.227 e. The van der Waals surface area contributed by atoms with Gasteiger partial charge in [-0.1, -0.05) is 25.0 Å². The molecule has 1 aliphatic rings. The van der Waals surface area contributed by atoms with Gasteiger partial charge in [0.05, 0.1) is 24.2 Å². The molecular weight excluding hydrogens is 320 g/mol. The predicted octanol–water partition coefficient (Wildman–Crippen LogP) is 3.78. The van der Waals surface area contributed by atoms with Gasteiger partial charge in [-0.15, -0.1) is 11.3 Å². The number of methoxy groups -OCH3 is 1. The predicted molar refractivity (Wildman–Crippen MR) is 96.5 cm³/mol. The third-order valence-electron chi connectivity index (χ3n) is 4.79. The van der Waals surface area contributed by atoms with Gasteiger partial charge in [-0.25, -0.2) is 4.98 Å². The van der Waals surface area contributed by atoms with Crippen LogP contribution in [0, 0.1) is 5.92 Å². The Labute approximate surface area is 147 Å². The van der Waals surface area contributed by atoms with E-state index in [-0.39, 0.29) is 11.8 Å². The summed E-state index contributed by atoms with van der Waals surface area (Å²) in [6.45, 7) is 0.641. The molecule has 1 N–H and O–H groups in total. The molecule has 1 aromatic heterocycles. The maximum absolute atomic E-state index is 12.9. The Balaban J connectivity index is 1.67. The van der Waals surface area contributed by atoms with E-state index in [0.29, 0.717) is 12.5 Å². The van der Waals surface area contributed by atoms with Gasteiger partial charge >= 0.3 is 0 Å². The molecule has 1 atom stereocenters. The van der Waals surface area contributed by atoms with Crippen LogP contribution in [-0.2, 0) is 11.2 Å². The summed E-state index contributed by atoms with van der Waals surface area (Å²) in [6.07, 6.45) is 5.51. The molecular formula is C19H24N2O2S. The van der Waals surface area contributed by atoms with Crippen LogP contribution in [0.3, 0.4) is 0 Å². The number of hydrogen-bond donors (Lipinski definition) is 1. The van der Waals surface area contributed by atoms with Crippen LogP contribution in [0.2, 0.25) is 0 Å². The Hall–Kier alpha value is -1.88. The zero-order valence-corrected chi connectivity index (χ0v) is 14.8. The van der Waals surface area contributed by atoms with Gasteiger partial charge in [-0.05, 0) is 36.5 Å². The molecule has 1 heterocycles. The molecule has 0 saturated heterocycles. The third-order valence-corrected chi connectivity index (χ3v) is 5.43. The SMILES string of the molecule is COc1ccc(C(C(=O)NCCc2cscn2)C2CCCC2)cc1. The molecule has 4 nitrogen and oxygen atoms in total. The van der Waals surface area contributed by atoms with Gasteiger partial charge in [-0.3, -0.25) is 4.79 Å². The lowest BCUT2D eigenvalue weighted by molar-refractivity contribution is -0.123. The minimum atomic E-state index is -0.0613. The van der Waals surface area contributed by atoms with Crippen molar-refractivity contribution in [3.8, 4) is 5.75 Å². The molecule has 24 heavy (non-hydrogen) atoms. The van der Waals surface area contributed by atoms with E-state index in [2.05, 4.69) is 10.3 Å². The largest absolute Gasteiger partial charge is 0.497 e. The quantitative estimate of drug-likeness (QED) is 0.831. The first-order chi connectivity index (χ1) is 11.8. The molecule has 0 radical (unpaired) electrons. The summed E-state index contributed by atoms with van der Waals surface area (Å²) in [5.74, 6) is 1.35. The topological polar surface area (TPSA) is 51.2 Å². The summed E-state index contributed by atoms with van der Waals surface area (Å²) >= 11 is 1.59. The van der Waals surface area contributed by atoms with Gasteiger partial charge < -0.3 is 10.1 Å². The molecule has 0 aliphatic heterocycles. The summed E-state index contributed by atoms with van der Waals surface area (Å²) in [4.78, 5) is 17.1. The number of thiazole rings is 1. The van der Waals surface area contributed by atoms with E-state index in [4.69, 9.17) is 4.74 Å². The highest BCUT2D eigenvalue weighted by atomic mass is 32.1. The number of benzene rings is 1. The Morgan fingerprint density at radius 3 is 2.71 bits per heavy atom. The zero-order valence-electron chi connectivity index (χ0n) is 14.0. The summed E-state index contributed by atoms with van der Waals surface area (Å²) in [5.41, 5.74) is 3.96. The van der Waals surface area contributed by atoms with E-state index in [1.807, 2.05) is 35.2 Å². The van der Waals surface area contributed by atoms with Crippen LogP contribution in [0.1, 0.15) is 42.9 Å². The highest BCUT2D eigenvalue weighted by molar-refractivity contribution is 7.07. The fourth-order valence-electron chi connectivity index (χ4n) is 3.52. The summed E-state index contributed by atoms with van der Waals surface area (Å²) in [5, 5.41) is 5.15. The van der Waals surface area contributed by atoms with Crippen LogP contribution in [-0.4, -0.2) is 24.5 Å². The van der Waals surface area contributed by atoms with Crippen LogP contribution in [0.25, 0.3) is 0 Å². The van der Waals surface area contributed by atoms with Gasteiger partial charge in [0.2, 0.25) is 5.91 Å². The van der Waals surface area contributed by atoms with E-state index in [1.165, 1.54) is 12.8 Å². The number of rotatable bonds is 7. The van der Waals surface area contributed by atoms with Crippen molar-refractivity contribution in [1.82, 2.24) is 10.3 Å². The van der Waals surface area contributed by atoms with E-state index in [0.717, 1.165) is 36.3 Å². The van der Waals surface area contributed by atoms with Crippen LogP contribution in [0.4, 0.5) is 0 Å². The number of carbonyl (C=O) groups is 1. The Morgan fingerprint density at radius 2 is 2.08 bits per heavy atom. The van der Waals surface area contributed by atoms with Crippen LogP contribution < -0.4 is 10.1 Å². The maximum Gasteiger partial charge on any atom is 0.227 e. The van der Waals surface area contributed by atoms with Gasteiger partial charge in [-0.2, -0.15) is 0 Å². The van der Waals surface area contributed by atoms with Gasteiger partial charge in [0, 0.05) is 18.3 Å². The average molecular weight is 344 g/mol. The van der Waals surface area contributed by atoms with E-state index < -0.39 is 0 Å². The first-order valence-corrected chi connectivity index (χ1v) is 9.51. The molecule has 1 aromatic carbocycles. The second-order valence-electron chi connectivity index (χ2n) is 6.32. The normalized spacial score (nSPS) is 16.0. The first-order valence-electron chi connectivity index (χ1n) is 8.56. The number of hydrogen-bond acceptors (Lipinski definition) is 4. The molecule has 3 rings (SSSR count). The monoisotopic (exact) mass is 344 g/mol. The Kier molecular flexibility index (Phi) is 5.86. The Bertz CT molecular complexity index is 634. The number of nitrogens with one attached hydrogen (secondary N) is 1. The first kappa shape index (κ1) is 17.0. The lowest BCUT2D eigenvalue weighted by Gasteiger charge is -2.23. The number of nitrogens with zero attached hydrogens (tertiary/aromatic N) is 1. The summed E-state index contributed by atoms with van der Waals surface area (Å²) < 4.78 is 5.23. The van der Waals surface area contributed by atoms with Crippen LogP contribution in [0.15, 0.2) is 35.2 Å². The number of aromatic nitrogens is 1. The molecule has 0 bridgehead atoms. The van der Waals surface area contributed by atoms with Crippen molar-refractivity contribution in [1.29, 1.82) is 0 Å². The van der Waals surface area contributed by atoms with Crippen molar-refractivity contribution >= 4 is 17.2 Å². The number of ether oxygens (including phenoxy) is 1. The highest BCUT2D eigenvalue weighted by Gasteiger charge is 2.31. The number of carbonyl (C=O) groups excluding carboxylic acids is 1. The molecule has 128 valence electrons. The van der Waals surface area contributed by atoms with Gasteiger partial charge in [0.25, 0.3) is 0 Å². The van der Waals surface area contributed by atoms with Gasteiger partial charge in [0.15, 0.2) is 0 Å². The standard InChI is InChI=1S/C19H24N2O2S/c1-23-17-8-6-15(7-9-17)18(14-4-2-3-5-14)19(22)20-11-10-16-12-24-13-21-16/h6-9,12-14,18H,2-5,10-11H2,1H3,(H,20,22). The van der Waals surface area contributed by atoms with Crippen molar-refractivity contribution < 1.29 is 9.53 Å². The van der Waals surface area contributed by atoms with Gasteiger partial charge in [0.1, 0.15) is 5.75 Å². The molecule has 1 aliphatic carbocycles. The zero-order chi connectivity index (χ0) is 16.8. The lowest BCUT2D eigenvalue weighted by Crippen LogP contribution is -2.34. The van der Waals surface area contributed by atoms with E-state index in [9.17, 15) is 4.79 Å². The second-order valence-corrected chi connectivity index (χ2v) is 7.03. The molecule has 1 unspecified atom stereocenters. The summed E-state index contributed by atoms with van der Waals surface area (Å²) in [6, 6.07) is 7.95. The molecule has 1 saturated carbocycles. The van der Waals surface area contributed by atoms with Crippen molar-refractivity contribution in [2.24, 2.45) is 5.92 Å². The minimum absolute atomic E-state index is 0.0613. The van der Waals surface area contributed by atoms with Crippen LogP contribution >= 0.6 is 11.3 Å². The van der Waals surface area contributed by atoms with Crippen molar-refractivity contribution in [3.63, 3.8) is 0 Å². The average Bonchev–Trinajstić information content (AvgIpc) is 3.30. The van der Waals surface area contributed by atoms with Crippen molar-refractivity contribution in [3.05, 3.63) is 46.4 Å². The third kappa shape index (κ3) is 4.15. The molecule has 2 aromatic rings. The van der Waals surface area contributed by atoms with Crippen molar-refractivity contribution in [2.45, 2.75) is 38.0 Å². The highest BCUT2D eigenvalue weighted by Crippen LogP contribution is 2.38. The fraction of sp³-hybridized carbons (Fsp3) is 0.474. The molecule has 0 spiro atoms. The lowest BCUT2D eigenvalue weighted by atomic mass is 9.84. The van der Waals surface area contributed by atoms with Crippen LogP contribution in [0.5, 0.6) is 5.75 Å². The summed E-state index contributed by atoms with van der Waals surface area (Å²) in [7, 11) is 1.66.